The Morgan fingerprint density at radius 2 is 1.87 bits per heavy atom. The van der Waals surface area contributed by atoms with Crippen LogP contribution in [0.5, 0.6) is 5.75 Å². The summed E-state index contributed by atoms with van der Waals surface area (Å²) in [5, 5.41) is 6.38. The molecule has 0 saturated heterocycles. The molecule has 0 heterocycles. The van der Waals surface area contributed by atoms with Crippen molar-refractivity contribution in [3.05, 3.63) is 59.9 Å². The van der Waals surface area contributed by atoms with Crippen LogP contribution in [0.15, 0.2) is 58.4 Å². The van der Waals surface area contributed by atoms with Crippen molar-refractivity contribution in [1.82, 2.24) is 15.4 Å². The monoisotopic (exact) mass is 564 g/mol. The molecule has 172 valence electrons. The summed E-state index contributed by atoms with van der Waals surface area (Å²) in [7, 11) is -2.12. The average Bonchev–Trinajstić information content (AvgIpc) is 2.75. The molecule has 0 aliphatic rings. The molecule has 2 aromatic carbocycles. The quantitative estimate of drug-likeness (QED) is 0.234. The van der Waals surface area contributed by atoms with E-state index in [0.717, 1.165) is 12.0 Å². The number of guanidine groups is 1. The van der Waals surface area contributed by atoms with E-state index < -0.39 is 10.0 Å². The second-order valence-corrected chi connectivity index (χ2v) is 8.42. The maximum absolute atomic E-state index is 13.4. The maximum Gasteiger partial charge on any atom is 0.240 e. The molecule has 1 unspecified atom stereocenters. The van der Waals surface area contributed by atoms with E-state index in [2.05, 4.69) is 20.3 Å². The largest absolute Gasteiger partial charge is 0.489 e. The molecule has 3 N–H and O–H groups in total. The summed E-state index contributed by atoms with van der Waals surface area (Å²) in [4.78, 5) is 4.72. The summed E-state index contributed by atoms with van der Waals surface area (Å²) < 4.78 is 45.4. The van der Waals surface area contributed by atoms with Gasteiger partial charge in [-0.25, -0.2) is 22.5 Å². The van der Waals surface area contributed by atoms with Gasteiger partial charge in [0.25, 0.3) is 0 Å². The van der Waals surface area contributed by atoms with Crippen LogP contribution in [-0.2, 0) is 16.6 Å². The first-order valence-corrected chi connectivity index (χ1v) is 11.3. The first-order chi connectivity index (χ1) is 14.4. The zero-order chi connectivity index (χ0) is 22.0. The minimum atomic E-state index is -3.50. The zero-order valence-corrected chi connectivity index (χ0v) is 21.0. The fourth-order valence-electron chi connectivity index (χ4n) is 2.65. The third kappa shape index (κ3) is 8.99. The molecular weight excluding hydrogens is 534 g/mol. The van der Waals surface area contributed by atoms with Gasteiger partial charge in [0.2, 0.25) is 10.0 Å². The Morgan fingerprint density at radius 1 is 1.13 bits per heavy atom. The number of hydrogen-bond donors (Lipinski definition) is 3. The van der Waals surface area contributed by atoms with E-state index in [1.54, 1.807) is 24.3 Å². The van der Waals surface area contributed by atoms with Gasteiger partial charge in [0.15, 0.2) is 5.96 Å². The third-order valence-corrected chi connectivity index (χ3v) is 5.70. The van der Waals surface area contributed by atoms with Crippen molar-refractivity contribution in [2.75, 3.05) is 20.1 Å². The predicted molar refractivity (Wildman–Crippen MR) is 132 cm³/mol. The molecule has 0 aromatic heterocycles. The summed E-state index contributed by atoms with van der Waals surface area (Å²) in [5.74, 6) is 0.724. The predicted octanol–water partition coefficient (Wildman–Crippen LogP) is 3.26. The lowest BCUT2D eigenvalue weighted by Gasteiger charge is -2.20. The molecule has 1 atom stereocenters. The van der Waals surface area contributed by atoms with Crippen molar-refractivity contribution in [3.63, 3.8) is 0 Å². The van der Waals surface area contributed by atoms with Gasteiger partial charge in [-0.3, -0.25) is 0 Å². The second-order valence-electron chi connectivity index (χ2n) is 6.54. The molecular formula is C21H30FIN4O3S. The summed E-state index contributed by atoms with van der Waals surface area (Å²) in [6.07, 6.45) is 0.562. The molecule has 31 heavy (non-hydrogen) atoms. The topological polar surface area (TPSA) is 91.8 Å². The van der Waals surface area contributed by atoms with E-state index in [4.69, 9.17) is 4.74 Å². The van der Waals surface area contributed by atoms with Gasteiger partial charge < -0.3 is 15.4 Å². The van der Waals surface area contributed by atoms with Crippen molar-refractivity contribution in [2.24, 2.45) is 4.99 Å². The Kier molecular flexibility index (Phi) is 11.8. The van der Waals surface area contributed by atoms with Crippen molar-refractivity contribution in [2.45, 2.75) is 37.8 Å². The number of sulfonamides is 1. The lowest BCUT2D eigenvalue weighted by atomic mass is 10.2. The minimum Gasteiger partial charge on any atom is -0.489 e. The highest BCUT2D eigenvalue weighted by Gasteiger charge is 2.12. The minimum absolute atomic E-state index is 0. The first-order valence-electron chi connectivity index (χ1n) is 9.84. The Labute approximate surface area is 201 Å². The summed E-state index contributed by atoms with van der Waals surface area (Å²) in [6, 6.07) is 12.7. The number of nitrogens with one attached hydrogen (secondary N) is 3. The fraction of sp³-hybridized carbons (Fsp3) is 0.381. The van der Waals surface area contributed by atoms with Gasteiger partial charge in [-0.1, -0.05) is 25.1 Å². The Morgan fingerprint density at radius 3 is 2.52 bits per heavy atom. The van der Waals surface area contributed by atoms with E-state index in [0.29, 0.717) is 31.3 Å². The number of benzene rings is 2. The van der Waals surface area contributed by atoms with Crippen LogP contribution >= 0.6 is 24.0 Å². The number of rotatable bonds is 10. The molecule has 0 aliphatic carbocycles. The van der Waals surface area contributed by atoms with Crippen LogP contribution in [0.2, 0.25) is 0 Å². The standard InChI is InChI=1S/C21H29FN4O3S.HI/c1-4-18(29-19-10-7-9-17(22)13-19)15-26-21(24-5-2)25-14-16-8-6-11-20(12-16)30(27,28)23-3;/h6-13,18,23H,4-5,14-15H2,1-3H3,(H2,24,25,26);1H. The van der Waals surface area contributed by atoms with Crippen LogP contribution in [0.3, 0.4) is 0 Å². The maximum atomic E-state index is 13.4. The molecule has 0 aliphatic heterocycles. The van der Waals surface area contributed by atoms with Gasteiger partial charge in [0.1, 0.15) is 17.7 Å². The van der Waals surface area contributed by atoms with Crippen LogP contribution in [0.1, 0.15) is 25.8 Å². The number of hydrogen-bond acceptors (Lipinski definition) is 4. The smallest absolute Gasteiger partial charge is 0.240 e. The van der Waals surface area contributed by atoms with Crippen molar-refractivity contribution in [3.8, 4) is 5.75 Å². The van der Waals surface area contributed by atoms with Crippen LogP contribution in [-0.4, -0.2) is 40.6 Å². The molecule has 2 rings (SSSR count). The van der Waals surface area contributed by atoms with Gasteiger partial charge in [0, 0.05) is 12.6 Å². The molecule has 2 aromatic rings. The third-order valence-electron chi connectivity index (χ3n) is 4.29. The number of halogens is 2. The van der Waals surface area contributed by atoms with E-state index in [1.165, 1.54) is 25.2 Å². The van der Waals surface area contributed by atoms with Crippen molar-refractivity contribution >= 4 is 40.0 Å². The summed E-state index contributed by atoms with van der Waals surface area (Å²) >= 11 is 0. The Hall–Kier alpha value is -1.92. The number of nitrogens with zero attached hydrogens (tertiary/aromatic N) is 1. The van der Waals surface area contributed by atoms with E-state index >= 15 is 0 Å². The summed E-state index contributed by atoms with van der Waals surface area (Å²) in [6.45, 7) is 5.40. The van der Waals surface area contributed by atoms with Crippen molar-refractivity contribution < 1.29 is 17.5 Å². The molecule has 0 amide bonds. The molecule has 0 radical (unpaired) electrons. The highest BCUT2D eigenvalue weighted by atomic mass is 127. The highest BCUT2D eigenvalue weighted by molar-refractivity contribution is 14.0. The number of aliphatic imine (C=N–C) groups is 1. The molecule has 0 bridgehead atoms. The van der Waals surface area contributed by atoms with Crippen LogP contribution in [0.4, 0.5) is 4.39 Å². The summed E-state index contributed by atoms with van der Waals surface area (Å²) in [5.41, 5.74) is 0.770. The Bertz CT molecular complexity index is 957. The molecule has 10 heteroatoms. The molecule has 0 fully saturated rings. The normalized spacial score (nSPS) is 12.6. The van der Waals surface area contributed by atoms with Crippen LogP contribution in [0.25, 0.3) is 0 Å². The molecule has 0 spiro atoms. The fourth-order valence-corrected chi connectivity index (χ4v) is 3.45. The second kappa shape index (κ2) is 13.5. The van der Waals surface area contributed by atoms with Crippen LogP contribution in [0, 0.1) is 5.82 Å². The SMILES string of the molecule is CCNC(=NCc1cccc(S(=O)(=O)NC)c1)NCC(CC)Oc1cccc(F)c1.I. The highest BCUT2D eigenvalue weighted by Crippen LogP contribution is 2.15. The molecule has 7 nitrogen and oxygen atoms in total. The first kappa shape index (κ1) is 27.1. The van der Waals surface area contributed by atoms with Gasteiger partial charge in [0.05, 0.1) is 18.0 Å². The zero-order valence-electron chi connectivity index (χ0n) is 17.9. The lowest BCUT2D eigenvalue weighted by Crippen LogP contribution is -2.42. The van der Waals surface area contributed by atoms with Gasteiger partial charge in [-0.2, -0.15) is 0 Å². The van der Waals surface area contributed by atoms with E-state index in [1.807, 2.05) is 19.9 Å². The van der Waals surface area contributed by atoms with E-state index in [-0.39, 0.29) is 40.8 Å². The molecule has 0 saturated carbocycles. The van der Waals surface area contributed by atoms with Gasteiger partial charge >= 0.3 is 0 Å². The van der Waals surface area contributed by atoms with E-state index in [9.17, 15) is 12.8 Å². The number of ether oxygens (including phenoxy) is 1. The lowest BCUT2D eigenvalue weighted by molar-refractivity contribution is 0.198. The van der Waals surface area contributed by atoms with Crippen molar-refractivity contribution in [1.29, 1.82) is 0 Å². The van der Waals surface area contributed by atoms with Gasteiger partial charge in [-0.05, 0) is 50.2 Å². The Balaban J connectivity index is 0.00000480. The van der Waals surface area contributed by atoms with Gasteiger partial charge in [-0.15, -0.1) is 24.0 Å². The average molecular weight is 564 g/mol. The van der Waals surface area contributed by atoms with Crippen LogP contribution < -0.4 is 20.1 Å².